The summed E-state index contributed by atoms with van der Waals surface area (Å²) in [6.07, 6.45) is 5.68. The molecule has 1 N–H and O–H groups in total. The largest absolute Gasteiger partial charge is 0.478 e. The van der Waals surface area contributed by atoms with Gasteiger partial charge in [-0.05, 0) is 28.8 Å². The Labute approximate surface area is 138 Å². The maximum atomic E-state index is 12.1. The molecule has 0 heterocycles. The van der Waals surface area contributed by atoms with Gasteiger partial charge in [-0.2, -0.15) is 0 Å². The number of hydrogen-bond donors (Lipinski definition) is 1. The second kappa shape index (κ2) is 8.12. The van der Waals surface area contributed by atoms with E-state index in [4.69, 9.17) is 10.6 Å². The molecule has 0 spiro atoms. The van der Waals surface area contributed by atoms with Gasteiger partial charge in [-0.3, -0.25) is 4.79 Å². The Balaban J connectivity index is 2.05. The van der Waals surface area contributed by atoms with Crippen molar-refractivity contribution in [3.63, 3.8) is 0 Å². The standard InChI is InChI=1S/C18H13N3O3/c19-21-20-16-9-7-15(8-10-16)17(22)11-5-13-1-3-14(4-2-13)6-12-18(23)24/h1-12H,(H,23,24)/b11-5+,12-6+. The smallest absolute Gasteiger partial charge is 0.328 e. The van der Waals surface area contributed by atoms with Crippen molar-refractivity contribution in [2.45, 2.75) is 0 Å². The maximum absolute atomic E-state index is 12.1. The van der Waals surface area contributed by atoms with E-state index in [-0.39, 0.29) is 5.78 Å². The lowest BCUT2D eigenvalue weighted by molar-refractivity contribution is -0.131. The number of allylic oxidation sites excluding steroid dienone is 1. The van der Waals surface area contributed by atoms with E-state index in [1.165, 1.54) is 12.2 Å². The molecule has 0 atom stereocenters. The minimum absolute atomic E-state index is 0.169. The number of carbonyl (C=O) groups excluding carboxylic acids is 1. The van der Waals surface area contributed by atoms with Crippen LogP contribution in [0.2, 0.25) is 0 Å². The number of nitrogens with zero attached hydrogens (tertiary/aromatic N) is 3. The Morgan fingerprint density at radius 3 is 1.96 bits per heavy atom. The van der Waals surface area contributed by atoms with Crippen molar-refractivity contribution in [3.05, 3.63) is 87.8 Å². The lowest BCUT2D eigenvalue weighted by Gasteiger charge is -1.98. The van der Waals surface area contributed by atoms with Crippen LogP contribution in [-0.4, -0.2) is 16.9 Å². The van der Waals surface area contributed by atoms with Crippen molar-refractivity contribution in [2.75, 3.05) is 0 Å². The number of carboxylic acid groups (broad SMARTS) is 1. The summed E-state index contributed by atoms with van der Waals surface area (Å²) in [5.74, 6) is -1.17. The van der Waals surface area contributed by atoms with Crippen molar-refractivity contribution in [1.29, 1.82) is 0 Å². The zero-order chi connectivity index (χ0) is 17.4. The molecule has 6 nitrogen and oxygen atoms in total. The first-order chi connectivity index (χ1) is 11.6. The van der Waals surface area contributed by atoms with Gasteiger partial charge in [0.2, 0.25) is 0 Å². The van der Waals surface area contributed by atoms with Crippen LogP contribution in [0.25, 0.3) is 22.6 Å². The molecule has 0 amide bonds. The van der Waals surface area contributed by atoms with E-state index >= 15 is 0 Å². The monoisotopic (exact) mass is 319 g/mol. The van der Waals surface area contributed by atoms with Gasteiger partial charge in [-0.25, -0.2) is 4.79 Å². The fourth-order valence-electron chi connectivity index (χ4n) is 1.90. The van der Waals surface area contributed by atoms with Crippen molar-refractivity contribution >= 4 is 29.6 Å². The van der Waals surface area contributed by atoms with Gasteiger partial charge in [0, 0.05) is 22.2 Å². The summed E-state index contributed by atoms with van der Waals surface area (Å²) in [5, 5.41) is 12.0. The maximum Gasteiger partial charge on any atom is 0.328 e. The molecule has 6 heteroatoms. The van der Waals surface area contributed by atoms with E-state index in [0.29, 0.717) is 11.3 Å². The van der Waals surface area contributed by atoms with Crippen LogP contribution in [-0.2, 0) is 4.79 Å². The van der Waals surface area contributed by atoms with Crippen LogP contribution in [0.1, 0.15) is 21.5 Å². The molecule has 2 rings (SSSR count). The fraction of sp³-hybridized carbons (Fsp3) is 0. The molecule has 0 aliphatic heterocycles. The van der Waals surface area contributed by atoms with Gasteiger partial charge in [-0.15, -0.1) is 0 Å². The molecule has 0 radical (unpaired) electrons. The topological polar surface area (TPSA) is 103 Å². The number of carboxylic acids is 1. The van der Waals surface area contributed by atoms with Gasteiger partial charge >= 0.3 is 5.97 Å². The SMILES string of the molecule is [N-]=[N+]=Nc1ccc(C(=O)/C=C/c2ccc(/C=C/C(=O)O)cc2)cc1. The third-order valence-corrected chi connectivity index (χ3v) is 3.09. The Hall–Kier alpha value is -3.63. The van der Waals surface area contributed by atoms with Crippen LogP contribution in [0.4, 0.5) is 5.69 Å². The number of rotatable bonds is 6. The highest BCUT2D eigenvalue weighted by molar-refractivity contribution is 6.06. The Bertz CT molecular complexity index is 844. The molecule has 0 saturated carbocycles. The van der Waals surface area contributed by atoms with Crippen molar-refractivity contribution < 1.29 is 14.7 Å². The van der Waals surface area contributed by atoms with Crippen molar-refractivity contribution in [3.8, 4) is 0 Å². The van der Waals surface area contributed by atoms with E-state index in [9.17, 15) is 9.59 Å². The van der Waals surface area contributed by atoms with Gasteiger partial charge < -0.3 is 5.11 Å². The summed E-state index contributed by atoms with van der Waals surface area (Å²) in [7, 11) is 0. The van der Waals surface area contributed by atoms with Crippen LogP contribution in [0, 0.1) is 0 Å². The highest BCUT2D eigenvalue weighted by atomic mass is 16.4. The minimum Gasteiger partial charge on any atom is -0.478 e. The van der Waals surface area contributed by atoms with E-state index in [2.05, 4.69) is 10.0 Å². The summed E-state index contributed by atoms with van der Waals surface area (Å²) >= 11 is 0. The Kier molecular flexibility index (Phi) is 5.66. The fourth-order valence-corrected chi connectivity index (χ4v) is 1.90. The predicted octanol–water partition coefficient (Wildman–Crippen LogP) is 4.62. The van der Waals surface area contributed by atoms with E-state index in [0.717, 1.165) is 17.2 Å². The van der Waals surface area contributed by atoms with Crippen LogP contribution < -0.4 is 0 Å². The summed E-state index contributed by atoms with van der Waals surface area (Å²) in [6.45, 7) is 0. The molecule has 0 aromatic heterocycles. The number of azide groups is 1. The molecular formula is C18H13N3O3. The van der Waals surface area contributed by atoms with Gasteiger partial charge in [-0.1, -0.05) is 59.7 Å². The lowest BCUT2D eigenvalue weighted by Crippen LogP contribution is -1.92. The van der Waals surface area contributed by atoms with Gasteiger partial charge in [0.1, 0.15) is 0 Å². The molecule has 0 aliphatic carbocycles. The average Bonchev–Trinajstić information content (AvgIpc) is 2.59. The minimum atomic E-state index is -1.00. The van der Waals surface area contributed by atoms with Gasteiger partial charge in [0.25, 0.3) is 0 Å². The average molecular weight is 319 g/mol. The summed E-state index contributed by atoms with van der Waals surface area (Å²) in [6, 6.07) is 13.4. The number of hydrogen-bond acceptors (Lipinski definition) is 3. The number of ketones is 1. The third-order valence-electron chi connectivity index (χ3n) is 3.09. The zero-order valence-corrected chi connectivity index (χ0v) is 12.5. The number of carbonyl (C=O) groups is 2. The molecule has 0 fully saturated rings. The van der Waals surface area contributed by atoms with Crippen molar-refractivity contribution in [1.82, 2.24) is 0 Å². The van der Waals surface area contributed by atoms with Gasteiger partial charge in [0.05, 0.1) is 0 Å². The summed E-state index contributed by atoms with van der Waals surface area (Å²) in [5.41, 5.74) is 10.9. The molecule has 0 aliphatic rings. The molecule has 0 saturated heterocycles. The first-order valence-corrected chi connectivity index (χ1v) is 6.97. The van der Waals surface area contributed by atoms with Crippen LogP contribution in [0.15, 0.2) is 65.8 Å². The molecule has 0 bridgehead atoms. The first-order valence-electron chi connectivity index (χ1n) is 6.97. The normalized spacial score (nSPS) is 10.7. The summed E-state index contributed by atoms with van der Waals surface area (Å²) < 4.78 is 0. The summed E-state index contributed by atoms with van der Waals surface area (Å²) in [4.78, 5) is 25.2. The van der Waals surface area contributed by atoms with Crippen molar-refractivity contribution in [2.24, 2.45) is 5.11 Å². The lowest BCUT2D eigenvalue weighted by atomic mass is 10.1. The third kappa shape index (κ3) is 4.98. The van der Waals surface area contributed by atoms with E-state index < -0.39 is 5.97 Å². The number of aliphatic carboxylic acids is 1. The Morgan fingerprint density at radius 1 is 0.917 bits per heavy atom. The predicted molar refractivity (Wildman–Crippen MR) is 91.7 cm³/mol. The molecule has 118 valence electrons. The highest BCUT2D eigenvalue weighted by Gasteiger charge is 2.01. The molecule has 2 aromatic carbocycles. The molecule has 2 aromatic rings. The molecular weight excluding hydrogens is 306 g/mol. The second-order valence-electron chi connectivity index (χ2n) is 4.77. The molecule has 0 unspecified atom stereocenters. The first kappa shape index (κ1) is 16.7. The van der Waals surface area contributed by atoms with Crippen LogP contribution in [0.5, 0.6) is 0 Å². The Morgan fingerprint density at radius 2 is 1.46 bits per heavy atom. The zero-order valence-electron chi connectivity index (χ0n) is 12.5. The van der Waals surface area contributed by atoms with E-state index in [1.807, 2.05) is 0 Å². The van der Waals surface area contributed by atoms with E-state index in [1.54, 1.807) is 54.6 Å². The quantitative estimate of drug-likeness (QED) is 0.276. The van der Waals surface area contributed by atoms with Gasteiger partial charge in [0.15, 0.2) is 5.78 Å². The van der Waals surface area contributed by atoms with Crippen LogP contribution >= 0.6 is 0 Å². The molecule has 24 heavy (non-hydrogen) atoms. The highest BCUT2D eigenvalue weighted by Crippen LogP contribution is 2.14. The second-order valence-corrected chi connectivity index (χ2v) is 4.77. The number of benzene rings is 2. The van der Waals surface area contributed by atoms with Crippen LogP contribution in [0.3, 0.4) is 0 Å².